The van der Waals surface area contributed by atoms with Crippen LogP contribution in [0.1, 0.15) is 5.56 Å². The van der Waals surface area contributed by atoms with Crippen LogP contribution in [0, 0.1) is 0 Å². The molecule has 0 spiro atoms. The van der Waals surface area contributed by atoms with Gasteiger partial charge in [-0.3, -0.25) is 0 Å². The van der Waals surface area contributed by atoms with Gasteiger partial charge in [0.15, 0.2) is 6.73 Å². The Labute approximate surface area is 101 Å². The van der Waals surface area contributed by atoms with Gasteiger partial charge in [-0.1, -0.05) is 48.5 Å². The van der Waals surface area contributed by atoms with Crippen LogP contribution in [0.15, 0.2) is 66.9 Å². The summed E-state index contributed by atoms with van der Waals surface area (Å²) < 4.78 is 5.44. The second kappa shape index (κ2) is 4.34. The molecule has 17 heavy (non-hydrogen) atoms. The average molecular weight is 223 g/mol. The van der Waals surface area contributed by atoms with Crippen molar-refractivity contribution < 1.29 is 4.74 Å². The van der Waals surface area contributed by atoms with Gasteiger partial charge in [0.2, 0.25) is 0 Å². The molecule has 0 amide bonds. The number of rotatable bonds is 2. The van der Waals surface area contributed by atoms with Crippen LogP contribution in [0.5, 0.6) is 0 Å². The average Bonchev–Trinajstić information content (AvgIpc) is 2.90. The van der Waals surface area contributed by atoms with Gasteiger partial charge in [-0.2, -0.15) is 0 Å². The predicted molar refractivity (Wildman–Crippen MR) is 69.3 cm³/mol. The molecule has 3 rings (SSSR count). The molecule has 0 saturated carbocycles. The Bertz CT molecular complexity index is 519. The van der Waals surface area contributed by atoms with E-state index in [-0.39, 0.29) is 0 Å². The largest absolute Gasteiger partial charge is 0.478 e. The summed E-state index contributed by atoms with van der Waals surface area (Å²) in [6.45, 7) is 0.578. The summed E-state index contributed by atoms with van der Waals surface area (Å²) in [6, 6.07) is 20.6. The predicted octanol–water partition coefficient (Wildman–Crippen LogP) is 3.48. The first-order valence-electron chi connectivity index (χ1n) is 5.65. The minimum atomic E-state index is 0.578. The van der Waals surface area contributed by atoms with Crippen molar-refractivity contribution >= 4 is 11.4 Å². The third-order valence-electron chi connectivity index (χ3n) is 2.83. The molecule has 1 aliphatic heterocycles. The van der Waals surface area contributed by atoms with Crippen molar-refractivity contribution in [3.8, 4) is 0 Å². The topological polar surface area (TPSA) is 12.5 Å². The number of para-hydroxylation sites is 1. The van der Waals surface area contributed by atoms with Crippen LogP contribution < -0.4 is 4.90 Å². The molecule has 2 heteroatoms. The zero-order valence-corrected chi connectivity index (χ0v) is 9.41. The molecular formula is C15H13NO. The molecular weight excluding hydrogens is 210 g/mol. The number of nitrogens with zero attached hydrogens (tertiary/aromatic N) is 1. The normalized spacial score (nSPS) is 14.4. The maximum absolute atomic E-state index is 5.44. The molecule has 84 valence electrons. The Morgan fingerprint density at radius 3 is 2.18 bits per heavy atom. The number of hydrogen-bond donors (Lipinski definition) is 0. The van der Waals surface area contributed by atoms with Crippen molar-refractivity contribution in [2.45, 2.75) is 0 Å². The monoisotopic (exact) mass is 223 g/mol. The van der Waals surface area contributed by atoms with E-state index in [0.717, 1.165) is 11.4 Å². The number of ether oxygens (including phenoxy) is 1. The van der Waals surface area contributed by atoms with Crippen molar-refractivity contribution in [2.24, 2.45) is 0 Å². The maximum Gasteiger partial charge on any atom is 0.165 e. The summed E-state index contributed by atoms with van der Waals surface area (Å²) in [7, 11) is 0. The molecule has 0 unspecified atom stereocenters. The molecule has 0 saturated heterocycles. The molecule has 2 aromatic carbocycles. The molecule has 0 radical (unpaired) electrons. The quantitative estimate of drug-likeness (QED) is 0.772. The first-order valence-corrected chi connectivity index (χ1v) is 5.65. The fourth-order valence-corrected chi connectivity index (χ4v) is 1.98. The van der Waals surface area contributed by atoms with E-state index in [1.165, 1.54) is 5.56 Å². The van der Waals surface area contributed by atoms with Gasteiger partial charge in [0.1, 0.15) is 6.26 Å². The molecule has 1 heterocycles. The number of hydrogen-bond acceptors (Lipinski definition) is 2. The molecule has 0 bridgehead atoms. The minimum Gasteiger partial charge on any atom is -0.478 e. The van der Waals surface area contributed by atoms with Gasteiger partial charge in [-0.05, 0) is 12.1 Å². The van der Waals surface area contributed by atoms with Crippen LogP contribution in [-0.4, -0.2) is 6.73 Å². The minimum absolute atomic E-state index is 0.578. The van der Waals surface area contributed by atoms with Gasteiger partial charge >= 0.3 is 0 Å². The van der Waals surface area contributed by atoms with Crippen molar-refractivity contribution in [3.05, 3.63) is 72.5 Å². The van der Waals surface area contributed by atoms with Crippen LogP contribution in [0.25, 0.3) is 5.70 Å². The van der Waals surface area contributed by atoms with Crippen LogP contribution >= 0.6 is 0 Å². The first kappa shape index (κ1) is 9.97. The van der Waals surface area contributed by atoms with E-state index in [9.17, 15) is 0 Å². The lowest BCUT2D eigenvalue weighted by atomic mass is 10.1. The Morgan fingerprint density at radius 1 is 0.824 bits per heavy atom. The molecule has 2 nitrogen and oxygen atoms in total. The Hall–Kier alpha value is -2.22. The van der Waals surface area contributed by atoms with Crippen molar-refractivity contribution in [2.75, 3.05) is 11.6 Å². The van der Waals surface area contributed by atoms with Gasteiger partial charge in [0, 0.05) is 11.3 Å². The Kier molecular flexibility index (Phi) is 2.54. The summed E-state index contributed by atoms with van der Waals surface area (Å²) in [5, 5.41) is 0. The lowest BCUT2D eigenvalue weighted by molar-refractivity contribution is 0.282. The summed E-state index contributed by atoms with van der Waals surface area (Å²) in [6.07, 6.45) is 1.82. The molecule has 0 aromatic heterocycles. The van der Waals surface area contributed by atoms with Gasteiger partial charge in [0.05, 0.1) is 5.70 Å². The van der Waals surface area contributed by atoms with Gasteiger partial charge in [0.25, 0.3) is 0 Å². The first-order chi connectivity index (χ1) is 8.45. The molecule has 0 fully saturated rings. The highest BCUT2D eigenvalue weighted by Gasteiger charge is 2.18. The number of anilines is 1. The van der Waals surface area contributed by atoms with Gasteiger partial charge < -0.3 is 9.64 Å². The van der Waals surface area contributed by atoms with E-state index in [2.05, 4.69) is 29.2 Å². The van der Waals surface area contributed by atoms with Crippen molar-refractivity contribution in [1.29, 1.82) is 0 Å². The zero-order valence-electron chi connectivity index (χ0n) is 9.41. The summed E-state index contributed by atoms with van der Waals surface area (Å²) in [4.78, 5) is 2.16. The van der Waals surface area contributed by atoms with Gasteiger partial charge in [-0.25, -0.2) is 0 Å². The van der Waals surface area contributed by atoms with E-state index < -0.39 is 0 Å². The smallest absolute Gasteiger partial charge is 0.165 e. The Balaban J connectivity index is 1.96. The summed E-state index contributed by atoms with van der Waals surface area (Å²) in [5.74, 6) is 0. The van der Waals surface area contributed by atoms with Gasteiger partial charge in [-0.15, -0.1) is 0 Å². The fraction of sp³-hybridized carbons (Fsp3) is 0.0667. The Morgan fingerprint density at radius 2 is 1.47 bits per heavy atom. The van der Waals surface area contributed by atoms with Crippen molar-refractivity contribution in [3.63, 3.8) is 0 Å². The van der Waals surface area contributed by atoms with Crippen LogP contribution in [0.3, 0.4) is 0 Å². The summed E-state index contributed by atoms with van der Waals surface area (Å²) >= 11 is 0. The SMILES string of the molecule is C1=C(c2ccccc2)N(c2ccccc2)CO1. The van der Waals surface area contributed by atoms with E-state index in [1.54, 1.807) is 0 Å². The zero-order chi connectivity index (χ0) is 11.5. The van der Waals surface area contributed by atoms with Crippen LogP contribution in [-0.2, 0) is 4.74 Å². The van der Waals surface area contributed by atoms with E-state index >= 15 is 0 Å². The molecule has 0 atom stereocenters. The second-order valence-corrected chi connectivity index (χ2v) is 3.93. The lowest BCUT2D eigenvalue weighted by Gasteiger charge is -2.20. The van der Waals surface area contributed by atoms with Crippen LogP contribution in [0.2, 0.25) is 0 Å². The highest BCUT2D eigenvalue weighted by atomic mass is 16.5. The van der Waals surface area contributed by atoms with Crippen molar-refractivity contribution in [1.82, 2.24) is 0 Å². The van der Waals surface area contributed by atoms with E-state index in [0.29, 0.717) is 6.73 Å². The highest BCUT2D eigenvalue weighted by Crippen LogP contribution is 2.29. The molecule has 0 aliphatic carbocycles. The second-order valence-electron chi connectivity index (χ2n) is 3.93. The van der Waals surface area contributed by atoms with E-state index in [1.807, 2.05) is 42.7 Å². The summed E-state index contributed by atoms with van der Waals surface area (Å²) in [5.41, 5.74) is 3.44. The maximum atomic E-state index is 5.44. The number of benzene rings is 2. The molecule has 1 aliphatic rings. The highest BCUT2D eigenvalue weighted by molar-refractivity contribution is 5.79. The third kappa shape index (κ3) is 1.89. The standard InChI is InChI=1S/C15H13NO/c1-3-7-13(8-4-1)15-11-17-12-16(15)14-9-5-2-6-10-14/h1-11H,12H2. The van der Waals surface area contributed by atoms with E-state index in [4.69, 9.17) is 4.74 Å². The molecule has 2 aromatic rings. The molecule has 0 N–H and O–H groups in total. The fourth-order valence-electron chi connectivity index (χ4n) is 1.98. The third-order valence-corrected chi connectivity index (χ3v) is 2.83. The lowest BCUT2D eigenvalue weighted by Crippen LogP contribution is -2.17. The van der Waals surface area contributed by atoms with Crippen LogP contribution in [0.4, 0.5) is 5.69 Å².